The third-order valence-electron chi connectivity index (χ3n) is 5.87. The highest BCUT2D eigenvalue weighted by Gasteiger charge is 2.34. The van der Waals surface area contributed by atoms with Gasteiger partial charge >= 0.3 is 0 Å². The van der Waals surface area contributed by atoms with Crippen molar-refractivity contribution in [2.45, 2.75) is 65.0 Å². The smallest absolute Gasteiger partial charge is 0.282 e. The van der Waals surface area contributed by atoms with Gasteiger partial charge in [0.1, 0.15) is 0 Å². The molecule has 0 aromatic heterocycles. The summed E-state index contributed by atoms with van der Waals surface area (Å²) in [7, 11) is -1.68. The second kappa shape index (κ2) is 9.48. The summed E-state index contributed by atoms with van der Waals surface area (Å²) in [5.41, 5.74) is 0. The van der Waals surface area contributed by atoms with E-state index in [-0.39, 0.29) is 18.0 Å². The number of piperazine rings is 1. The van der Waals surface area contributed by atoms with Gasteiger partial charge < -0.3 is 5.32 Å². The summed E-state index contributed by atoms with van der Waals surface area (Å²) < 4.78 is 28.9. The standard InChI is InChI=1S/C18H36N4O3S/c1-15(2)16(3)19-18(23)14-21-10-12-22(13-11-21)26(24,25)20(4)17-8-6-5-7-9-17/h15-17H,5-14H2,1-4H3,(H,19,23). The van der Waals surface area contributed by atoms with E-state index in [0.29, 0.717) is 38.6 Å². The van der Waals surface area contributed by atoms with Crippen LogP contribution in [0.25, 0.3) is 0 Å². The summed E-state index contributed by atoms with van der Waals surface area (Å²) in [6.07, 6.45) is 5.36. The normalized spacial score (nSPS) is 22.7. The lowest BCUT2D eigenvalue weighted by molar-refractivity contribution is -0.123. The Kier molecular flexibility index (Phi) is 7.88. The van der Waals surface area contributed by atoms with E-state index in [0.717, 1.165) is 25.7 Å². The summed E-state index contributed by atoms with van der Waals surface area (Å²) in [5, 5.41) is 3.01. The highest BCUT2D eigenvalue weighted by atomic mass is 32.2. The molecule has 2 rings (SSSR count). The average Bonchev–Trinajstić information content (AvgIpc) is 2.62. The lowest BCUT2D eigenvalue weighted by Crippen LogP contribution is -2.55. The van der Waals surface area contributed by atoms with Crippen LogP contribution in [0.4, 0.5) is 0 Å². The van der Waals surface area contributed by atoms with Gasteiger partial charge in [0, 0.05) is 45.3 Å². The molecule has 152 valence electrons. The van der Waals surface area contributed by atoms with Crippen LogP contribution in [0, 0.1) is 5.92 Å². The molecule has 1 heterocycles. The zero-order chi connectivity index (χ0) is 19.3. The predicted octanol–water partition coefficient (Wildman–Crippen LogP) is 1.27. The number of carbonyl (C=O) groups is 1. The molecule has 1 unspecified atom stereocenters. The molecule has 0 aromatic carbocycles. The highest BCUT2D eigenvalue weighted by molar-refractivity contribution is 7.86. The van der Waals surface area contributed by atoms with Crippen LogP contribution in [0.5, 0.6) is 0 Å². The maximum Gasteiger partial charge on any atom is 0.282 e. The highest BCUT2D eigenvalue weighted by Crippen LogP contribution is 2.25. The first kappa shape index (κ1) is 21.6. The van der Waals surface area contributed by atoms with Gasteiger partial charge in [-0.15, -0.1) is 0 Å². The number of amides is 1. The Morgan fingerprint density at radius 1 is 1.08 bits per heavy atom. The second-order valence-electron chi connectivity index (χ2n) is 8.09. The van der Waals surface area contributed by atoms with Crippen LogP contribution in [0.1, 0.15) is 52.9 Å². The minimum Gasteiger partial charge on any atom is -0.352 e. The number of nitrogens with one attached hydrogen (secondary N) is 1. The van der Waals surface area contributed by atoms with Gasteiger partial charge in [0.2, 0.25) is 5.91 Å². The van der Waals surface area contributed by atoms with Crippen LogP contribution < -0.4 is 5.32 Å². The number of nitrogens with zero attached hydrogens (tertiary/aromatic N) is 3. The first-order chi connectivity index (χ1) is 12.2. The maximum absolute atomic E-state index is 12.9. The Hall–Kier alpha value is -0.700. The molecule has 1 N–H and O–H groups in total. The minimum absolute atomic E-state index is 0.0156. The van der Waals surface area contributed by atoms with Crippen molar-refractivity contribution in [2.24, 2.45) is 5.92 Å². The van der Waals surface area contributed by atoms with Gasteiger partial charge in [-0.25, -0.2) is 0 Å². The van der Waals surface area contributed by atoms with Crippen LogP contribution in [-0.4, -0.2) is 79.7 Å². The van der Waals surface area contributed by atoms with Crippen molar-refractivity contribution in [1.29, 1.82) is 0 Å². The van der Waals surface area contributed by atoms with Gasteiger partial charge in [0.15, 0.2) is 0 Å². The lowest BCUT2D eigenvalue weighted by Gasteiger charge is -2.38. The van der Waals surface area contributed by atoms with Crippen LogP contribution in [0.2, 0.25) is 0 Å². The van der Waals surface area contributed by atoms with E-state index < -0.39 is 10.2 Å². The van der Waals surface area contributed by atoms with Crippen molar-refractivity contribution in [3.05, 3.63) is 0 Å². The van der Waals surface area contributed by atoms with Crippen LogP contribution in [0.3, 0.4) is 0 Å². The van der Waals surface area contributed by atoms with Crippen molar-refractivity contribution >= 4 is 16.1 Å². The predicted molar refractivity (Wildman–Crippen MR) is 104 cm³/mol. The van der Waals surface area contributed by atoms with E-state index in [1.165, 1.54) is 6.42 Å². The Labute approximate surface area is 159 Å². The second-order valence-corrected chi connectivity index (χ2v) is 10.1. The summed E-state index contributed by atoms with van der Waals surface area (Å²) >= 11 is 0. The summed E-state index contributed by atoms with van der Waals surface area (Å²) in [4.78, 5) is 14.2. The Morgan fingerprint density at radius 3 is 2.19 bits per heavy atom. The molecule has 1 atom stereocenters. The summed E-state index contributed by atoms with van der Waals surface area (Å²) in [6.45, 7) is 8.60. The third kappa shape index (κ3) is 5.65. The van der Waals surface area contributed by atoms with Crippen molar-refractivity contribution in [3.63, 3.8) is 0 Å². The maximum atomic E-state index is 12.9. The van der Waals surface area contributed by atoms with Crippen molar-refractivity contribution in [2.75, 3.05) is 39.8 Å². The molecule has 0 bridgehead atoms. The number of carbonyl (C=O) groups excluding carboxylic acids is 1. The molecule has 1 amide bonds. The first-order valence-corrected chi connectivity index (χ1v) is 11.4. The van der Waals surface area contributed by atoms with E-state index in [1.54, 1.807) is 15.7 Å². The van der Waals surface area contributed by atoms with E-state index in [2.05, 4.69) is 19.2 Å². The molecule has 26 heavy (non-hydrogen) atoms. The molecule has 0 radical (unpaired) electrons. The fraction of sp³-hybridized carbons (Fsp3) is 0.944. The molecule has 7 nitrogen and oxygen atoms in total. The van der Waals surface area contributed by atoms with Gasteiger partial charge in [-0.3, -0.25) is 9.69 Å². The lowest BCUT2D eigenvalue weighted by atomic mass is 9.96. The SMILES string of the molecule is CC(C)C(C)NC(=O)CN1CCN(S(=O)(=O)N(C)C2CCCCC2)CC1. The number of hydrogen-bond donors (Lipinski definition) is 1. The van der Waals surface area contributed by atoms with E-state index in [4.69, 9.17) is 0 Å². The number of rotatable bonds is 7. The Morgan fingerprint density at radius 2 is 1.65 bits per heavy atom. The fourth-order valence-corrected chi connectivity index (χ4v) is 5.18. The largest absolute Gasteiger partial charge is 0.352 e. The average molecular weight is 389 g/mol. The summed E-state index contributed by atoms with van der Waals surface area (Å²) in [6, 6.07) is 0.281. The third-order valence-corrected chi connectivity index (χ3v) is 7.91. The molecular weight excluding hydrogens is 352 g/mol. The Bertz CT molecular complexity index is 553. The van der Waals surface area contributed by atoms with Gasteiger partial charge in [-0.2, -0.15) is 17.0 Å². The Balaban J connectivity index is 1.82. The van der Waals surface area contributed by atoms with Crippen LogP contribution >= 0.6 is 0 Å². The quantitative estimate of drug-likeness (QED) is 0.713. The molecule has 1 aliphatic heterocycles. The van der Waals surface area contributed by atoms with Crippen LogP contribution in [0.15, 0.2) is 0 Å². The summed E-state index contributed by atoms with van der Waals surface area (Å²) in [5.74, 6) is 0.415. The molecule has 1 saturated carbocycles. The molecule has 1 saturated heterocycles. The first-order valence-electron chi connectivity index (χ1n) is 9.96. The van der Waals surface area contributed by atoms with E-state index >= 15 is 0 Å². The van der Waals surface area contributed by atoms with Crippen molar-refractivity contribution < 1.29 is 13.2 Å². The van der Waals surface area contributed by atoms with Gasteiger partial charge in [0.25, 0.3) is 10.2 Å². The van der Waals surface area contributed by atoms with Gasteiger partial charge in [-0.05, 0) is 25.7 Å². The molecule has 8 heteroatoms. The molecule has 0 aromatic rings. The minimum atomic E-state index is -3.40. The monoisotopic (exact) mass is 388 g/mol. The van der Waals surface area contributed by atoms with Gasteiger partial charge in [0.05, 0.1) is 6.54 Å². The van der Waals surface area contributed by atoms with Crippen LogP contribution in [-0.2, 0) is 15.0 Å². The molecular formula is C18H36N4O3S. The zero-order valence-electron chi connectivity index (χ0n) is 16.8. The topological polar surface area (TPSA) is 73.0 Å². The van der Waals surface area contributed by atoms with Crippen molar-refractivity contribution in [1.82, 2.24) is 18.8 Å². The fourth-order valence-electron chi connectivity index (χ4n) is 3.60. The van der Waals surface area contributed by atoms with E-state index in [9.17, 15) is 13.2 Å². The van der Waals surface area contributed by atoms with Crippen molar-refractivity contribution in [3.8, 4) is 0 Å². The molecule has 1 aliphatic carbocycles. The molecule has 2 aliphatic rings. The molecule has 2 fully saturated rings. The molecule has 0 spiro atoms. The van der Waals surface area contributed by atoms with Gasteiger partial charge in [-0.1, -0.05) is 33.1 Å². The van der Waals surface area contributed by atoms with E-state index in [1.807, 2.05) is 11.8 Å². The zero-order valence-corrected chi connectivity index (χ0v) is 17.6. The number of hydrogen-bond acceptors (Lipinski definition) is 4.